The normalized spacial score (nSPS) is 16.6. The van der Waals surface area contributed by atoms with Crippen LogP contribution in [0.3, 0.4) is 0 Å². The Morgan fingerprint density at radius 3 is 2.60 bits per heavy atom. The van der Waals surface area contributed by atoms with E-state index in [-0.39, 0.29) is 5.84 Å². The molecule has 3 N–H and O–H groups in total. The first-order valence-corrected chi connectivity index (χ1v) is 6.82. The summed E-state index contributed by atoms with van der Waals surface area (Å²) in [4.78, 5) is 9.05. The Kier molecular flexibility index (Phi) is 3.28. The number of fused-ring (bicyclic) bond motifs is 1. The maximum atomic E-state index is 7.81. The average molecular weight is 269 g/mol. The van der Waals surface area contributed by atoms with Crippen molar-refractivity contribution in [3.05, 3.63) is 36.0 Å². The van der Waals surface area contributed by atoms with Gasteiger partial charge in [0.15, 0.2) is 0 Å². The number of hydrogen-bond acceptors (Lipinski definition) is 4. The molecule has 0 aliphatic carbocycles. The largest absolute Gasteiger partial charge is 0.384 e. The van der Waals surface area contributed by atoms with E-state index in [1.807, 2.05) is 18.2 Å². The fourth-order valence-corrected chi connectivity index (χ4v) is 2.69. The van der Waals surface area contributed by atoms with E-state index in [1.54, 1.807) is 6.20 Å². The minimum Gasteiger partial charge on any atom is -0.384 e. The van der Waals surface area contributed by atoms with Crippen LogP contribution in [0, 0.1) is 5.41 Å². The van der Waals surface area contributed by atoms with Gasteiger partial charge >= 0.3 is 0 Å². The molecule has 1 aliphatic rings. The Bertz CT molecular complexity index is 644. The third-order valence-electron chi connectivity index (χ3n) is 3.86. The number of pyridine rings is 1. The van der Waals surface area contributed by atoms with E-state index in [9.17, 15) is 0 Å². The second kappa shape index (κ2) is 5.09. The minimum atomic E-state index is 0.0807. The summed E-state index contributed by atoms with van der Waals surface area (Å²) in [6.45, 7) is 3.94. The minimum absolute atomic E-state index is 0.0807. The van der Waals surface area contributed by atoms with Crippen LogP contribution >= 0.6 is 0 Å². The Hall–Kier alpha value is -2.14. The van der Waals surface area contributed by atoms with Crippen molar-refractivity contribution in [2.75, 3.05) is 38.1 Å². The van der Waals surface area contributed by atoms with E-state index in [0.29, 0.717) is 0 Å². The third kappa shape index (κ3) is 2.20. The highest BCUT2D eigenvalue weighted by Crippen LogP contribution is 2.30. The van der Waals surface area contributed by atoms with Crippen molar-refractivity contribution >= 4 is 22.4 Å². The number of amidine groups is 1. The first-order valence-electron chi connectivity index (χ1n) is 6.82. The SMILES string of the molecule is CN1CCN(c2c(C(=N)N)cnc3ccccc23)CC1. The molecule has 1 fully saturated rings. The topological polar surface area (TPSA) is 69.2 Å². The molecule has 3 rings (SSSR count). The lowest BCUT2D eigenvalue weighted by Crippen LogP contribution is -2.45. The van der Waals surface area contributed by atoms with E-state index in [4.69, 9.17) is 11.1 Å². The predicted molar refractivity (Wildman–Crippen MR) is 82.5 cm³/mol. The first kappa shape index (κ1) is 12.9. The van der Waals surface area contributed by atoms with Gasteiger partial charge in [-0.3, -0.25) is 10.4 Å². The Morgan fingerprint density at radius 1 is 1.20 bits per heavy atom. The van der Waals surface area contributed by atoms with Gasteiger partial charge in [-0.2, -0.15) is 0 Å². The Morgan fingerprint density at radius 2 is 1.90 bits per heavy atom. The number of nitrogens with one attached hydrogen (secondary N) is 1. The van der Waals surface area contributed by atoms with Crippen molar-refractivity contribution in [2.24, 2.45) is 5.73 Å². The van der Waals surface area contributed by atoms with Crippen LogP contribution < -0.4 is 10.6 Å². The Balaban J connectivity index is 2.15. The summed E-state index contributed by atoms with van der Waals surface area (Å²) in [5.74, 6) is 0.0807. The molecule has 104 valence electrons. The van der Waals surface area contributed by atoms with E-state index in [0.717, 1.165) is 48.3 Å². The molecule has 1 aromatic carbocycles. The van der Waals surface area contributed by atoms with Gasteiger partial charge in [0.25, 0.3) is 0 Å². The summed E-state index contributed by atoms with van der Waals surface area (Å²) in [5, 5.41) is 8.88. The number of anilines is 1. The standard InChI is InChI=1S/C15H19N5/c1-19-6-8-20(9-7-19)14-11-4-2-3-5-13(11)18-10-12(14)15(16)17/h2-5,10H,6-9H2,1H3,(H3,16,17). The smallest absolute Gasteiger partial charge is 0.126 e. The van der Waals surface area contributed by atoms with Gasteiger partial charge in [-0.05, 0) is 13.1 Å². The van der Waals surface area contributed by atoms with Gasteiger partial charge in [0, 0.05) is 37.8 Å². The van der Waals surface area contributed by atoms with E-state index < -0.39 is 0 Å². The number of nitrogens with zero attached hydrogens (tertiary/aromatic N) is 3. The number of aromatic nitrogens is 1. The molecule has 2 heterocycles. The van der Waals surface area contributed by atoms with Crippen LogP contribution in [-0.4, -0.2) is 48.9 Å². The zero-order valence-electron chi connectivity index (χ0n) is 11.6. The molecule has 0 saturated carbocycles. The fraction of sp³-hybridized carbons (Fsp3) is 0.333. The molecule has 0 amide bonds. The highest BCUT2D eigenvalue weighted by molar-refractivity contribution is 6.07. The molecule has 20 heavy (non-hydrogen) atoms. The van der Waals surface area contributed by atoms with Gasteiger partial charge < -0.3 is 15.5 Å². The number of para-hydroxylation sites is 1. The number of piperazine rings is 1. The van der Waals surface area contributed by atoms with Crippen LogP contribution in [0.5, 0.6) is 0 Å². The molecular weight excluding hydrogens is 250 g/mol. The summed E-state index contributed by atoms with van der Waals surface area (Å²) in [5.41, 5.74) is 8.48. The second-order valence-electron chi connectivity index (χ2n) is 5.24. The highest BCUT2D eigenvalue weighted by Gasteiger charge is 2.20. The van der Waals surface area contributed by atoms with Crippen LogP contribution in [0.2, 0.25) is 0 Å². The van der Waals surface area contributed by atoms with Crippen molar-refractivity contribution in [2.45, 2.75) is 0 Å². The van der Waals surface area contributed by atoms with Gasteiger partial charge in [-0.25, -0.2) is 0 Å². The molecule has 0 radical (unpaired) electrons. The van der Waals surface area contributed by atoms with Crippen molar-refractivity contribution in [1.29, 1.82) is 5.41 Å². The lowest BCUT2D eigenvalue weighted by molar-refractivity contribution is 0.313. The summed E-state index contributed by atoms with van der Waals surface area (Å²) < 4.78 is 0. The van der Waals surface area contributed by atoms with E-state index >= 15 is 0 Å². The van der Waals surface area contributed by atoms with Gasteiger partial charge in [-0.1, -0.05) is 18.2 Å². The van der Waals surface area contributed by atoms with Crippen LogP contribution in [0.15, 0.2) is 30.5 Å². The molecule has 0 unspecified atom stereocenters. The van der Waals surface area contributed by atoms with Gasteiger partial charge in [0.2, 0.25) is 0 Å². The molecule has 1 saturated heterocycles. The molecule has 5 heteroatoms. The van der Waals surface area contributed by atoms with E-state index in [2.05, 4.69) is 27.9 Å². The average Bonchev–Trinajstić information content (AvgIpc) is 2.47. The van der Waals surface area contributed by atoms with Crippen LogP contribution in [0.25, 0.3) is 10.9 Å². The summed E-state index contributed by atoms with van der Waals surface area (Å²) >= 11 is 0. The second-order valence-corrected chi connectivity index (χ2v) is 5.24. The monoisotopic (exact) mass is 269 g/mol. The van der Waals surface area contributed by atoms with Crippen LogP contribution in [0.1, 0.15) is 5.56 Å². The Labute approximate surface area is 118 Å². The van der Waals surface area contributed by atoms with Gasteiger partial charge in [-0.15, -0.1) is 0 Å². The molecule has 5 nitrogen and oxygen atoms in total. The zero-order valence-corrected chi connectivity index (χ0v) is 11.6. The molecule has 0 atom stereocenters. The number of hydrogen-bond donors (Lipinski definition) is 2. The zero-order chi connectivity index (χ0) is 14.1. The van der Waals surface area contributed by atoms with Crippen molar-refractivity contribution in [3.63, 3.8) is 0 Å². The lowest BCUT2D eigenvalue weighted by Gasteiger charge is -2.35. The first-order chi connectivity index (χ1) is 9.66. The molecule has 1 aliphatic heterocycles. The molecule has 0 spiro atoms. The quantitative estimate of drug-likeness (QED) is 0.636. The molecule has 0 bridgehead atoms. The van der Waals surface area contributed by atoms with Crippen LogP contribution in [0.4, 0.5) is 5.69 Å². The maximum absolute atomic E-state index is 7.81. The number of likely N-dealkylation sites (N-methyl/N-ethyl adjacent to an activating group) is 1. The number of nitrogens with two attached hydrogens (primary N) is 1. The summed E-state index contributed by atoms with van der Waals surface area (Å²) in [7, 11) is 2.13. The summed E-state index contributed by atoms with van der Waals surface area (Å²) in [6.07, 6.45) is 1.72. The predicted octanol–water partition coefficient (Wildman–Crippen LogP) is 1.27. The fourth-order valence-electron chi connectivity index (χ4n) is 2.69. The number of rotatable bonds is 2. The molecule has 1 aromatic heterocycles. The number of nitrogen functional groups attached to an aromatic ring is 1. The van der Waals surface area contributed by atoms with Crippen LogP contribution in [-0.2, 0) is 0 Å². The lowest BCUT2D eigenvalue weighted by atomic mass is 10.1. The molecule has 2 aromatic rings. The van der Waals surface area contributed by atoms with Gasteiger partial charge in [0.05, 0.1) is 16.8 Å². The summed E-state index contributed by atoms with van der Waals surface area (Å²) in [6, 6.07) is 8.05. The third-order valence-corrected chi connectivity index (χ3v) is 3.86. The van der Waals surface area contributed by atoms with Crippen molar-refractivity contribution in [1.82, 2.24) is 9.88 Å². The maximum Gasteiger partial charge on any atom is 0.126 e. The number of benzene rings is 1. The van der Waals surface area contributed by atoms with Gasteiger partial charge in [0.1, 0.15) is 5.84 Å². The highest BCUT2D eigenvalue weighted by atomic mass is 15.2. The van der Waals surface area contributed by atoms with Crippen molar-refractivity contribution in [3.8, 4) is 0 Å². The molecular formula is C15H19N5. The van der Waals surface area contributed by atoms with E-state index in [1.165, 1.54) is 0 Å². The van der Waals surface area contributed by atoms with Crippen molar-refractivity contribution < 1.29 is 0 Å².